The van der Waals surface area contributed by atoms with E-state index in [1.54, 1.807) is 49.7 Å². The Labute approximate surface area is 383 Å². The van der Waals surface area contributed by atoms with Gasteiger partial charge < -0.3 is 45.7 Å². The van der Waals surface area contributed by atoms with E-state index in [0.29, 0.717) is 37.8 Å². The average Bonchev–Trinajstić information content (AvgIpc) is 3.73. The monoisotopic (exact) mass is 900 g/mol. The molecule has 64 heavy (non-hydrogen) atoms. The van der Waals surface area contributed by atoms with Crippen molar-refractivity contribution in [2.45, 2.75) is 142 Å². The number of nitrogens with two attached hydrogens (primary N) is 1. The van der Waals surface area contributed by atoms with E-state index in [1.165, 1.54) is 14.2 Å². The summed E-state index contributed by atoms with van der Waals surface area (Å²) in [6, 6.07) is 5.32. The SMILES string of the molecule is C=C(C)[C@@H](C(=O)N[C@H](C(=O)N(C)[C@@H]([C@@H](C)CC)[C@@H](CC(=O)N1CCC[C@H]1[C@H](OC)[C@@H](C)C(=O)N[C@@H](Cc1ccccc1)C(=O)NCCCOC(=O)[C@@H](N)C(C)C)OC)C(C)C)N(C)C. The molecule has 0 radical (unpaired) electrons. The van der Waals surface area contributed by atoms with Crippen LogP contribution in [0.5, 0.6) is 0 Å². The summed E-state index contributed by atoms with van der Waals surface area (Å²) in [5.74, 6) is -3.21. The molecule has 362 valence electrons. The van der Waals surface area contributed by atoms with Gasteiger partial charge >= 0.3 is 5.97 Å². The summed E-state index contributed by atoms with van der Waals surface area (Å²) >= 11 is 0. The molecule has 1 fully saturated rings. The van der Waals surface area contributed by atoms with Crippen LogP contribution in [-0.4, -0.2) is 154 Å². The Bertz CT molecular complexity index is 1680. The third kappa shape index (κ3) is 15.9. The van der Waals surface area contributed by atoms with Crippen LogP contribution >= 0.6 is 0 Å². The highest BCUT2D eigenvalue weighted by Gasteiger charge is 2.43. The minimum Gasteiger partial charge on any atom is -0.464 e. The fraction of sp³-hybridized carbons (Fsp3) is 0.708. The maximum absolute atomic E-state index is 14.4. The molecule has 5 amide bonds. The van der Waals surface area contributed by atoms with E-state index in [0.717, 1.165) is 5.56 Å². The van der Waals surface area contributed by atoms with Crippen molar-refractivity contribution in [3.63, 3.8) is 0 Å². The molecule has 1 aliphatic heterocycles. The lowest BCUT2D eigenvalue weighted by atomic mass is 9.89. The quantitative estimate of drug-likeness (QED) is 0.0574. The van der Waals surface area contributed by atoms with E-state index in [2.05, 4.69) is 22.5 Å². The Balaban J connectivity index is 2.26. The molecule has 16 heteroatoms. The van der Waals surface area contributed by atoms with Gasteiger partial charge in [-0.2, -0.15) is 0 Å². The Morgan fingerprint density at radius 3 is 2.08 bits per heavy atom. The Hall–Kier alpha value is -4.38. The first-order valence-corrected chi connectivity index (χ1v) is 22.9. The zero-order valence-electron chi connectivity index (χ0n) is 41.0. The number of methoxy groups -OCH3 is 2. The molecule has 10 atom stereocenters. The maximum atomic E-state index is 14.4. The van der Waals surface area contributed by atoms with Crippen molar-refractivity contribution >= 4 is 35.5 Å². The molecular formula is C48H81N7O9. The maximum Gasteiger partial charge on any atom is 0.323 e. The molecular weight excluding hydrogens is 819 g/mol. The minimum atomic E-state index is -0.920. The van der Waals surface area contributed by atoms with Crippen LogP contribution in [0.3, 0.4) is 0 Å². The molecule has 16 nitrogen and oxygen atoms in total. The summed E-state index contributed by atoms with van der Waals surface area (Å²) in [6.45, 7) is 19.7. The van der Waals surface area contributed by atoms with Gasteiger partial charge in [0.25, 0.3) is 0 Å². The number of hydrogen-bond donors (Lipinski definition) is 4. The van der Waals surface area contributed by atoms with Crippen LogP contribution in [0.2, 0.25) is 0 Å². The van der Waals surface area contributed by atoms with Gasteiger partial charge in [-0.15, -0.1) is 0 Å². The van der Waals surface area contributed by atoms with E-state index >= 15 is 0 Å². The summed E-state index contributed by atoms with van der Waals surface area (Å²) in [5, 5.41) is 8.79. The van der Waals surface area contributed by atoms with E-state index < -0.39 is 72.2 Å². The second-order valence-electron chi connectivity index (χ2n) is 18.4. The van der Waals surface area contributed by atoms with Gasteiger partial charge in [-0.05, 0) is 63.6 Å². The van der Waals surface area contributed by atoms with Crippen LogP contribution in [0.4, 0.5) is 0 Å². The van der Waals surface area contributed by atoms with Crippen molar-refractivity contribution in [2.24, 2.45) is 29.4 Å². The molecule has 0 saturated carbocycles. The summed E-state index contributed by atoms with van der Waals surface area (Å²) in [6.07, 6.45) is 1.17. The van der Waals surface area contributed by atoms with Crippen LogP contribution < -0.4 is 21.7 Å². The first-order valence-electron chi connectivity index (χ1n) is 22.9. The molecule has 1 aromatic carbocycles. The van der Waals surface area contributed by atoms with Crippen molar-refractivity contribution in [2.75, 3.05) is 55.1 Å². The lowest BCUT2D eigenvalue weighted by Crippen LogP contribution is -2.59. The molecule has 5 N–H and O–H groups in total. The number of esters is 1. The number of rotatable bonds is 27. The molecule has 2 rings (SSSR count). The summed E-state index contributed by atoms with van der Waals surface area (Å²) in [7, 11) is 8.33. The summed E-state index contributed by atoms with van der Waals surface area (Å²) in [5.41, 5.74) is 7.38. The summed E-state index contributed by atoms with van der Waals surface area (Å²) in [4.78, 5) is 87.0. The predicted octanol–water partition coefficient (Wildman–Crippen LogP) is 3.31. The van der Waals surface area contributed by atoms with Crippen LogP contribution in [0.15, 0.2) is 42.5 Å². The first-order chi connectivity index (χ1) is 30.1. The smallest absolute Gasteiger partial charge is 0.323 e. The van der Waals surface area contributed by atoms with Crippen molar-refractivity contribution in [3.8, 4) is 0 Å². The standard InChI is InChI=1S/C48H81N7O9/c1-15-32(8)42(54(12)47(60)40(30(4)5)52-46(59)41(31(6)7)53(10)11)37(62-13)28-38(56)55-25-19-23-36(55)43(63-14)33(9)44(57)51-35(27-34-21-17-16-18-22-34)45(58)50-24-20-26-64-48(61)39(49)29(2)3/h16-18,21-22,29-30,32-33,35-37,39-43H,6,15,19-20,23-28,49H2,1-5,7-14H3,(H,50,58)(H,51,57)(H,52,59)/t32-,33+,35-,36-,37+,39-,40-,41-,42-,43+/m0/s1. The lowest BCUT2D eigenvalue weighted by molar-refractivity contribution is -0.148. The number of nitrogens with zero attached hydrogens (tertiary/aromatic N) is 3. The van der Waals surface area contributed by atoms with Crippen molar-refractivity contribution in [1.29, 1.82) is 0 Å². The number of carbonyl (C=O) groups is 6. The number of hydrogen-bond acceptors (Lipinski definition) is 11. The van der Waals surface area contributed by atoms with Crippen molar-refractivity contribution in [3.05, 3.63) is 48.0 Å². The number of ether oxygens (including phenoxy) is 3. The average molecular weight is 900 g/mol. The number of nitrogens with one attached hydrogen (secondary N) is 3. The lowest BCUT2D eigenvalue weighted by Gasteiger charge is -2.41. The minimum absolute atomic E-state index is 0.0310. The third-order valence-corrected chi connectivity index (χ3v) is 12.5. The predicted molar refractivity (Wildman–Crippen MR) is 249 cm³/mol. The fourth-order valence-corrected chi connectivity index (χ4v) is 8.48. The fourth-order valence-electron chi connectivity index (χ4n) is 8.48. The highest BCUT2D eigenvalue weighted by Crippen LogP contribution is 2.30. The topological polar surface area (TPSA) is 202 Å². The van der Waals surface area contributed by atoms with Gasteiger partial charge in [-0.25, -0.2) is 0 Å². The molecule has 1 heterocycles. The normalized spacial score (nSPS) is 18.3. The number of benzene rings is 1. The Kier molecular flexibility index (Phi) is 23.7. The van der Waals surface area contributed by atoms with Crippen molar-refractivity contribution in [1.82, 2.24) is 30.7 Å². The highest BCUT2D eigenvalue weighted by molar-refractivity contribution is 5.92. The van der Waals surface area contributed by atoms with Crippen LogP contribution in [0.25, 0.3) is 0 Å². The van der Waals surface area contributed by atoms with E-state index in [9.17, 15) is 28.8 Å². The van der Waals surface area contributed by atoms with Gasteiger partial charge in [-0.3, -0.25) is 33.7 Å². The molecule has 1 aliphatic rings. The molecule has 0 spiro atoms. The molecule has 0 bridgehead atoms. The van der Waals surface area contributed by atoms with Crippen LogP contribution in [-0.2, 0) is 49.4 Å². The number of likely N-dealkylation sites (N-methyl/N-ethyl adjacent to an activating group) is 2. The van der Waals surface area contributed by atoms with Gasteiger partial charge in [0.1, 0.15) is 24.2 Å². The number of amides is 5. The Morgan fingerprint density at radius 2 is 1.55 bits per heavy atom. The number of likely N-dealkylation sites (tertiary alicyclic amines) is 1. The molecule has 0 unspecified atom stereocenters. The van der Waals surface area contributed by atoms with Crippen molar-refractivity contribution < 1.29 is 43.0 Å². The van der Waals surface area contributed by atoms with E-state index in [-0.39, 0.29) is 61.5 Å². The van der Waals surface area contributed by atoms with Gasteiger partial charge in [0, 0.05) is 40.8 Å². The second kappa shape index (κ2) is 27.2. The molecule has 0 aliphatic carbocycles. The van der Waals surface area contributed by atoms with Crippen LogP contribution in [0, 0.1) is 23.7 Å². The third-order valence-electron chi connectivity index (χ3n) is 12.5. The second-order valence-corrected chi connectivity index (χ2v) is 18.4. The number of carbonyl (C=O) groups excluding carboxylic acids is 6. The largest absolute Gasteiger partial charge is 0.464 e. The zero-order valence-corrected chi connectivity index (χ0v) is 41.0. The van der Waals surface area contributed by atoms with Gasteiger partial charge in [0.15, 0.2) is 0 Å². The van der Waals surface area contributed by atoms with E-state index in [4.69, 9.17) is 19.9 Å². The van der Waals surface area contributed by atoms with Crippen LogP contribution in [0.1, 0.15) is 93.1 Å². The molecule has 0 aromatic heterocycles. The van der Waals surface area contributed by atoms with Gasteiger partial charge in [-0.1, -0.05) is 97.4 Å². The summed E-state index contributed by atoms with van der Waals surface area (Å²) < 4.78 is 17.3. The van der Waals surface area contributed by atoms with Gasteiger partial charge in [0.05, 0.1) is 43.2 Å². The Morgan fingerprint density at radius 1 is 0.906 bits per heavy atom. The first kappa shape index (κ1) is 55.8. The molecule has 1 aromatic rings. The molecule has 1 saturated heterocycles. The zero-order chi connectivity index (χ0) is 48.4. The van der Waals surface area contributed by atoms with Gasteiger partial charge in [0.2, 0.25) is 29.5 Å². The van der Waals surface area contributed by atoms with E-state index in [1.807, 2.05) is 71.9 Å². The highest BCUT2D eigenvalue weighted by atomic mass is 16.5.